The van der Waals surface area contributed by atoms with Crippen LogP contribution >= 0.6 is 0 Å². The molecule has 0 bridgehead atoms. The van der Waals surface area contributed by atoms with Crippen LogP contribution in [0.15, 0.2) is 36.9 Å². The molecule has 0 spiro atoms. The standard InChI is InChI=1S/C14H15F2NO5/c1-2-7-21-14(20)17-12(13(18)19)9-3-5-10(6-4-9)22-8-11(15)16/h2-6,11-12H,1,7-8H2,(H,17,20)(H,18,19). The number of carboxylic acid groups (broad SMARTS) is 1. The smallest absolute Gasteiger partial charge is 0.408 e. The van der Waals surface area contributed by atoms with Gasteiger partial charge >= 0.3 is 12.1 Å². The second-order valence-corrected chi connectivity index (χ2v) is 4.07. The van der Waals surface area contributed by atoms with Crippen LogP contribution in [0.1, 0.15) is 11.6 Å². The van der Waals surface area contributed by atoms with Crippen molar-refractivity contribution in [2.75, 3.05) is 13.2 Å². The number of carbonyl (C=O) groups is 2. The highest BCUT2D eigenvalue weighted by molar-refractivity contribution is 5.81. The van der Waals surface area contributed by atoms with Gasteiger partial charge in [-0.2, -0.15) is 0 Å². The van der Waals surface area contributed by atoms with Gasteiger partial charge < -0.3 is 19.9 Å². The third-order valence-electron chi connectivity index (χ3n) is 2.43. The fraction of sp³-hybridized carbons (Fsp3) is 0.286. The predicted molar refractivity (Wildman–Crippen MR) is 73.0 cm³/mol. The molecule has 0 saturated carbocycles. The SMILES string of the molecule is C=CCOC(=O)NC(C(=O)O)c1ccc(OCC(F)F)cc1. The number of benzene rings is 1. The van der Waals surface area contributed by atoms with Crippen LogP contribution in [-0.2, 0) is 9.53 Å². The largest absolute Gasteiger partial charge is 0.488 e. The lowest BCUT2D eigenvalue weighted by molar-refractivity contribution is -0.139. The van der Waals surface area contributed by atoms with Gasteiger partial charge in [0, 0.05) is 0 Å². The van der Waals surface area contributed by atoms with E-state index >= 15 is 0 Å². The summed E-state index contributed by atoms with van der Waals surface area (Å²) in [5, 5.41) is 11.3. The summed E-state index contributed by atoms with van der Waals surface area (Å²) in [5.74, 6) is -1.13. The molecule has 1 unspecified atom stereocenters. The summed E-state index contributed by atoms with van der Waals surface area (Å²) in [6.45, 7) is 2.54. The number of nitrogens with one attached hydrogen (secondary N) is 1. The van der Waals surface area contributed by atoms with E-state index in [1.807, 2.05) is 0 Å². The Balaban J connectivity index is 2.73. The van der Waals surface area contributed by atoms with E-state index in [-0.39, 0.29) is 17.9 Å². The lowest BCUT2D eigenvalue weighted by Gasteiger charge is -2.15. The average Bonchev–Trinajstić information content (AvgIpc) is 2.49. The Morgan fingerprint density at radius 1 is 1.32 bits per heavy atom. The zero-order chi connectivity index (χ0) is 16.5. The number of carboxylic acids is 1. The lowest BCUT2D eigenvalue weighted by Crippen LogP contribution is -2.34. The molecule has 0 aromatic heterocycles. The molecule has 1 rings (SSSR count). The van der Waals surface area contributed by atoms with Crippen LogP contribution in [0.2, 0.25) is 0 Å². The third kappa shape index (κ3) is 5.78. The van der Waals surface area contributed by atoms with E-state index in [1.165, 1.54) is 30.3 Å². The second-order valence-electron chi connectivity index (χ2n) is 4.07. The molecule has 120 valence electrons. The van der Waals surface area contributed by atoms with Crippen LogP contribution in [0.3, 0.4) is 0 Å². The summed E-state index contributed by atoms with van der Waals surface area (Å²) in [5.41, 5.74) is 0.243. The maximum atomic E-state index is 12.0. The highest BCUT2D eigenvalue weighted by Gasteiger charge is 2.22. The van der Waals surface area contributed by atoms with E-state index in [0.717, 1.165) is 0 Å². The zero-order valence-corrected chi connectivity index (χ0v) is 11.5. The van der Waals surface area contributed by atoms with Crippen LogP contribution in [-0.4, -0.2) is 36.8 Å². The molecule has 1 aromatic carbocycles. The molecule has 1 amide bonds. The molecule has 0 aliphatic rings. The highest BCUT2D eigenvalue weighted by atomic mass is 19.3. The Morgan fingerprint density at radius 3 is 2.45 bits per heavy atom. The molecule has 0 fully saturated rings. The predicted octanol–water partition coefficient (Wildman–Crippen LogP) is 2.37. The highest BCUT2D eigenvalue weighted by Crippen LogP contribution is 2.19. The van der Waals surface area contributed by atoms with Crippen LogP contribution in [0, 0.1) is 0 Å². The van der Waals surface area contributed by atoms with Crippen molar-refractivity contribution < 1.29 is 33.0 Å². The van der Waals surface area contributed by atoms with Crippen LogP contribution in [0.4, 0.5) is 13.6 Å². The molecule has 0 heterocycles. The second kappa shape index (κ2) is 8.60. The van der Waals surface area contributed by atoms with Crippen molar-refractivity contribution >= 4 is 12.1 Å². The quantitative estimate of drug-likeness (QED) is 0.719. The number of amides is 1. The molecule has 8 heteroatoms. The van der Waals surface area contributed by atoms with Gasteiger partial charge in [-0.3, -0.25) is 0 Å². The van der Waals surface area contributed by atoms with Gasteiger partial charge in [-0.25, -0.2) is 18.4 Å². The van der Waals surface area contributed by atoms with Crippen molar-refractivity contribution in [1.82, 2.24) is 5.32 Å². The monoisotopic (exact) mass is 315 g/mol. The maximum Gasteiger partial charge on any atom is 0.408 e. The summed E-state index contributed by atoms with van der Waals surface area (Å²) < 4.78 is 33.4. The molecule has 0 saturated heterocycles. The Labute approximate surface area is 125 Å². The molecule has 0 radical (unpaired) electrons. The molecular formula is C14H15F2NO5. The molecule has 2 N–H and O–H groups in total. The van der Waals surface area contributed by atoms with Gasteiger partial charge in [-0.05, 0) is 17.7 Å². The van der Waals surface area contributed by atoms with E-state index in [4.69, 9.17) is 9.84 Å². The molecular weight excluding hydrogens is 300 g/mol. The molecule has 0 aliphatic heterocycles. The topological polar surface area (TPSA) is 84.9 Å². The summed E-state index contributed by atoms with van der Waals surface area (Å²) in [7, 11) is 0. The first-order chi connectivity index (χ1) is 10.4. The number of ether oxygens (including phenoxy) is 2. The van der Waals surface area contributed by atoms with Crippen LogP contribution in [0.25, 0.3) is 0 Å². The number of halogens is 2. The Hall–Kier alpha value is -2.64. The normalized spacial score (nSPS) is 11.6. The molecule has 6 nitrogen and oxygen atoms in total. The van der Waals surface area contributed by atoms with E-state index in [2.05, 4.69) is 16.6 Å². The number of alkyl halides is 2. The zero-order valence-electron chi connectivity index (χ0n) is 11.5. The van der Waals surface area contributed by atoms with Crippen LogP contribution in [0.5, 0.6) is 5.75 Å². The molecule has 1 atom stereocenters. The van der Waals surface area contributed by atoms with Gasteiger partial charge in [0.2, 0.25) is 0 Å². The van der Waals surface area contributed by atoms with Crippen LogP contribution < -0.4 is 10.1 Å². The van der Waals surface area contributed by atoms with E-state index in [9.17, 15) is 18.4 Å². The van der Waals surface area contributed by atoms with Crippen molar-refractivity contribution in [1.29, 1.82) is 0 Å². The molecule has 22 heavy (non-hydrogen) atoms. The number of aliphatic carboxylic acids is 1. The number of rotatable bonds is 8. The lowest BCUT2D eigenvalue weighted by atomic mass is 10.1. The van der Waals surface area contributed by atoms with Crippen molar-refractivity contribution in [3.8, 4) is 5.75 Å². The first kappa shape index (κ1) is 17.4. The van der Waals surface area contributed by atoms with Crippen molar-refractivity contribution in [2.45, 2.75) is 12.5 Å². The maximum absolute atomic E-state index is 12.0. The fourth-order valence-corrected chi connectivity index (χ4v) is 1.50. The third-order valence-corrected chi connectivity index (χ3v) is 2.43. The minimum Gasteiger partial charge on any atom is -0.488 e. The van der Waals surface area contributed by atoms with E-state index < -0.39 is 31.1 Å². The Morgan fingerprint density at radius 2 is 1.95 bits per heavy atom. The van der Waals surface area contributed by atoms with Gasteiger partial charge in [0.05, 0.1) is 0 Å². The van der Waals surface area contributed by atoms with E-state index in [0.29, 0.717) is 0 Å². The summed E-state index contributed by atoms with van der Waals surface area (Å²) in [4.78, 5) is 22.6. The number of hydrogen-bond donors (Lipinski definition) is 2. The van der Waals surface area contributed by atoms with Crippen molar-refractivity contribution in [3.63, 3.8) is 0 Å². The van der Waals surface area contributed by atoms with Gasteiger partial charge in [-0.15, -0.1) is 0 Å². The minimum absolute atomic E-state index is 0.0570. The summed E-state index contributed by atoms with van der Waals surface area (Å²) >= 11 is 0. The number of alkyl carbamates (subject to hydrolysis) is 1. The number of carbonyl (C=O) groups excluding carboxylic acids is 1. The Bertz CT molecular complexity index is 518. The Kier molecular flexibility index (Phi) is 6.81. The van der Waals surface area contributed by atoms with Gasteiger partial charge in [0.1, 0.15) is 19.0 Å². The minimum atomic E-state index is -2.60. The van der Waals surface area contributed by atoms with Crippen molar-refractivity contribution in [2.24, 2.45) is 0 Å². The molecule has 1 aromatic rings. The summed E-state index contributed by atoms with van der Waals surface area (Å²) in [6.07, 6.45) is -2.18. The van der Waals surface area contributed by atoms with Gasteiger partial charge in [0.25, 0.3) is 6.43 Å². The molecule has 0 aliphatic carbocycles. The van der Waals surface area contributed by atoms with Gasteiger partial charge in [0.15, 0.2) is 6.04 Å². The van der Waals surface area contributed by atoms with Gasteiger partial charge in [-0.1, -0.05) is 24.8 Å². The van der Waals surface area contributed by atoms with E-state index in [1.54, 1.807) is 0 Å². The van der Waals surface area contributed by atoms with Crippen molar-refractivity contribution in [3.05, 3.63) is 42.5 Å². The average molecular weight is 315 g/mol. The fourth-order valence-electron chi connectivity index (χ4n) is 1.50. The summed E-state index contributed by atoms with van der Waals surface area (Å²) in [6, 6.07) is 4.05. The first-order valence-electron chi connectivity index (χ1n) is 6.22. The number of hydrogen-bond acceptors (Lipinski definition) is 4. The first-order valence-corrected chi connectivity index (χ1v) is 6.22.